The number of likely N-dealkylation sites (N-methyl/N-ethyl adjacent to an activating group) is 1. The van der Waals surface area contributed by atoms with Crippen molar-refractivity contribution in [1.29, 1.82) is 0 Å². The van der Waals surface area contributed by atoms with Gasteiger partial charge in [0.05, 0.1) is 4.90 Å². The van der Waals surface area contributed by atoms with Gasteiger partial charge in [0, 0.05) is 36.6 Å². The molecule has 120 valence electrons. The molecule has 5 nitrogen and oxygen atoms in total. The first-order valence-corrected chi connectivity index (χ1v) is 9.76. The molecule has 0 unspecified atom stereocenters. The van der Waals surface area contributed by atoms with Crippen molar-refractivity contribution in [2.24, 2.45) is 0 Å². The Bertz CT molecular complexity index is 550. The second-order valence-electron chi connectivity index (χ2n) is 5.84. The molecule has 0 saturated heterocycles. The summed E-state index contributed by atoms with van der Waals surface area (Å²) in [6, 6.07) is 2.69. The van der Waals surface area contributed by atoms with Gasteiger partial charge in [0.2, 0.25) is 10.0 Å². The number of thiophene rings is 1. The van der Waals surface area contributed by atoms with Gasteiger partial charge in [0.25, 0.3) is 0 Å². The predicted octanol–water partition coefficient (Wildman–Crippen LogP) is 1.62. The molecule has 21 heavy (non-hydrogen) atoms. The number of hydrogen-bond acceptors (Lipinski definition) is 5. The van der Waals surface area contributed by atoms with Crippen molar-refractivity contribution in [3.63, 3.8) is 0 Å². The molecular weight excluding hydrogens is 306 g/mol. The third-order valence-electron chi connectivity index (χ3n) is 3.76. The lowest BCUT2D eigenvalue weighted by atomic mass is 10.3. The van der Waals surface area contributed by atoms with Crippen LogP contribution in [0.25, 0.3) is 0 Å². The molecule has 7 heteroatoms. The van der Waals surface area contributed by atoms with Gasteiger partial charge in [-0.05, 0) is 45.2 Å². The minimum atomic E-state index is -3.40. The van der Waals surface area contributed by atoms with E-state index in [-0.39, 0.29) is 0 Å². The molecule has 1 aromatic heterocycles. The Labute approximate surface area is 131 Å². The molecule has 1 fully saturated rings. The zero-order chi connectivity index (χ0) is 15.5. The summed E-state index contributed by atoms with van der Waals surface area (Å²) in [4.78, 5) is 3.44. The van der Waals surface area contributed by atoms with Crippen LogP contribution in [-0.4, -0.2) is 45.5 Å². The number of nitrogens with zero attached hydrogens (tertiary/aromatic N) is 1. The summed E-state index contributed by atoms with van der Waals surface area (Å²) in [6.45, 7) is 5.97. The van der Waals surface area contributed by atoms with Gasteiger partial charge in [-0.15, -0.1) is 11.3 Å². The topological polar surface area (TPSA) is 61.4 Å². The molecule has 0 bridgehead atoms. The molecule has 0 spiro atoms. The van der Waals surface area contributed by atoms with Crippen LogP contribution in [0.5, 0.6) is 0 Å². The lowest BCUT2D eigenvalue weighted by molar-refractivity contribution is 0.278. The van der Waals surface area contributed by atoms with E-state index >= 15 is 0 Å². The largest absolute Gasteiger partial charge is 0.309 e. The summed E-state index contributed by atoms with van der Waals surface area (Å²) in [5.74, 6) is 0. The van der Waals surface area contributed by atoms with Crippen molar-refractivity contribution in [1.82, 2.24) is 14.9 Å². The van der Waals surface area contributed by atoms with Gasteiger partial charge >= 0.3 is 0 Å². The summed E-state index contributed by atoms with van der Waals surface area (Å²) in [7, 11) is -1.41. The second-order valence-corrected chi connectivity index (χ2v) is 8.57. The fraction of sp³-hybridized carbons (Fsp3) is 0.714. The van der Waals surface area contributed by atoms with Crippen LogP contribution in [0.2, 0.25) is 0 Å². The second kappa shape index (κ2) is 7.19. The smallest absolute Gasteiger partial charge is 0.241 e. The van der Waals surface area contributed by atoms with Crippen LogP contribution in [0.3, 0.4) is 0 Å². The van der Waals surface area contributed by atoms with E-state index in [1.165, 1.54) is 24.2 Å². The highest BCUT2D eigenvalue weighted by Gasteiger charge is 2.23. The molecule has 0 atom stereocenters. The number of nitrogens with one attached hydrogen (secondary N) is 2. The first-order valence-electron chi connectivity index (χ1n) is 7.40. The Kier molecular flexibility index (Phi) is 5.79. The van der Waals surface area contributed by atoms with E-state index in [0.29, 0.717) is 36.6 Å². The Morgan fingerprint density at radius 1 is 1.43 bits per heavy atom. The van der Waals surface area contributed by atoms with Crippen LogP contribution in [0, 0.1) is 0 Å². The molecule has 0 radical (unpaired) electrons. The van der Waals surface area contributed by atoms with Crippen LogP contribution in [0.4, 0.5) is 0 Å². The Hall–Kier alpha value is -0.470. The third kappa shape index (κ3) is 5.03. The zero-order valence-electron chi connectivity index (χ0n) is 12.9. The fourth-order valence-corrected chi connectivity index (χ4v) is 4.33. The lowest BCUT2D eigenvalue weighted by Crippen LogP contribution is -2.36. The monoisotopic (exact) mass is 331 g/mol. The van der Waals surface area contributed by atoms with E-state index in [4.69, 9.17) is 0 Å². The van der Waals surface area contributed by atoms with Crippen molar-refractivity contribution in [3.05, 3.63) is 16.3 Å². The van der Waals surface area contributed by atoms with Gasteiger partial charge in [-0.25, -0.2) is 13.1 Å². The van der Waals surface area contributed by atoms with Gasteiger partial charge in [-0.3, -0.25) is 0 Å². The van der Waals surface area contributed by atoms with Crippen molar-refractivity contribution in [3.8, 4) is 0 Å². The molecule has 0 aliphatic heterocycles. The minimum Gasteiger partial charge on any atom is -0.309 e. The number of hydrogen-bond donors (Lipinski definition) is 2. The van der Waals surface area contributed by atoms with Crippen molar-refractivity contribution in [2.75, 3.05) is 20.1 Å². The quantitative estimate of drug-likeness (QED) is 0.722. The van der Waals surface area contributed by atoms with Crippen molar-refractivity contribution >= 4 is 21.4 Å². The van der Waals surface area contributed by atoms with Gasteiger partial charge in [0.15, 0.2) is 0 Å². The SMILES string of the molecule is CC(C)N(C)CCNS(=O)(=O)c1ccsc1CNC1CC1. The summed E-state index contributed by atoms with van der Waals surface area (Å²) in [5, 5.41) is 5.22. The van der Waals surface area contributed by atoms with E-state index in [0.717, 1.165) is 4.88 Å². The maximum absolute atomic E-state index is 12.4. The molecule has 1 aliphatic rings. The van der Waals surface area contributed by atoms with Crippen LogP contribution in [-0.2, 0) is 16.6 Å². The Balaban J connectivity index is 1.90. The molecule has 0 amide bonds. The van der Waals surface area contributed by atoms with Crippen LogP contribution < -0.4 is 10.0 Å². The maximum Gasteiger partial charge on any atom is 0.241 e. The van der Waals surface area contributed by atoms with Crippen LogP contribution in [0.1, 0.15) is 31.6 Å². The molecule has 2 N–H and O–H groups in total. The summed E-state index contributed by atoms with van der Waals surface area (Å²) in [6.07, 6.45) is 2.40. The summed E-state index contributed by atoms with van der Waals surface area (Å²) < 4.78 is 27.5. The highest BCUT2D eigenvalue weighted by Crippen LogP contribution is 2.24. The molecule has 1 aliphatic carbocycles. The minimum absolute atomic E-state index is 0.411. The normalized spacial score (nSPS) is 16.0. The van der Waals surface area contributed by atoms with Crippen LogP contribution in [0.15, 0.2) is 16.3 Å². The van der Waals surface area contributed by atoms with E-state index in [1.54, 1.807) is 6.07 Å². The average Bonchev–Trinajstić information content (AvgIpc) is 3.11. The van der Waals surface area contributed by atoms with E-state index in [1.807, 2.05) is 12.4 Å². The summed E-state index contributed by atoms with van der Waals surface area (Å²) >= 11 is 1.50. The molecule has 1 aromatic rings. The Morgan fingerprint density at radius 3 is 2.76 bits per heavy atom. The zero-order valence-corrected chi connectivity index (χ0v) is 14.6. The highest BCUT2D eigenvalue weighted by molar-refractivity contribution is 7.89. The van der Waals surface area contributed by atoms with Gasteiger partial charge in [-0.1, -0.05) is 0 Å². The van der Waals surface area contributed by atoms with Crippen molar-refractivity contribution < 1.29 is 8.42 Å². The predicted molar refractivity (Wildman–Crippen MR) is 87.1 cm³/mol. The number of rotatable bonds is 9. The molecular formula is C14H25N3O2S2. The molecule has 1 saturated carbocycles. The fourth-order valence-electron chi connectivity index (χ4n) is 1.91. The Morgan fingerprint density at radius 2 is 2.14 bits per heavy atom. The van der Waals surface area contributed by atoms with E-state index in [2.05, 4.69) is 28.8 Å². The summed E-state index contributed by atoms with van der Waals surface area (Å²) in [5.41, 5.74) is 0. The van der Waals surface area contributed by atoms with Gasteiger partial charge in [-0.2, -0.15) is 0 Å². The first-order chi connectivity index (χ1) is 9.90. The lowest BCUT2D eigenvalue weighted by Gasteiger charge is -2.20. The van der Waals surface area contributed by atoms with Crippen molar-refractivity contribution in [2.45, 2.75) is 50.2 Å². The number of sulfonamides is 1. The van der Waals surface area contributed by atoms with E-state index < -0.39 is 10.0 Å². The maximum atomic E-state index is 12.4. The molecule has 1 heterocycles. The highest BCUT2D eigenvalue weighted by atomic mass is 32.2. The third-order valence-corrected chi connectivity index (χ3v) is 6.36. The van der Waals surface area contributed by atoms with E-state index in [9.17, 15) is 8.42 Å². The van der Waals surface area contributed by atoms with Gasteiger partial charge < -0.3 is 10.2 Å². The molecule has 0 aromatic carbocycles. The van der Waals surface area contributed by atoms with Crippen LogP contribution >= 0.6 is 11.3 Å². The standard InChI is InChI=1S/C14H25N3O2S2/c1-11(2)17(3)8-7-16-21(18,19)14-6-9-20-13(14)10-15-12-4-5-12/h6,9,11-12,15-16H,4-5,7-8,10H2,1-3H3. The molecule has 2 rings (SSSR count). The average molecular weight is 332 g/mol. The first kappa shape index (κ1) is 16.9. The van der Waals surface area contributed by atoms with Gasteiger partial charge in [0.1, 0.15) is 0 Å².